The van der Waals surface area contributed by atoms with Gasteiger partial charge in [-0.2, -0.15) is 0 Å². The van der Waals surface area contributed by atoms with Gasteiger partial charge in [0.25, 0.3) is 5.91 Å². The molecule has 23 heavy (non-hydrogen) atoms. The van der Waals surface area contributed by atoms with Crippen molar-refractivity contribution in [1.82, 2.24) is 0 Å². The summed E-state index contributed by atoms with van der Waals surface area (Å²) >= 11 is 11.7. The molecular weight excluding hydrogens is 341 g/mol. The van der Waals surface area contributed by atoms with E-state index in [0.717, 1.165) is 0 Å². The van der Waals surface area contributed by atoms with Gasteiger partial charge in [0.05, 0.1) is 15.4 Å². The lowest BCUT2D eigenvalue weighted by molar-refractivity contribution is 0.102. The number of hydrogen-bond donors (Lipinski definition) is 2. The minimum Gasteiger partial charge on any atom is -0.506 e. The fourth-order valence-electron chi connectivity index (χ4n) is 2.10. The maximum absolute atomic E-state index is 12.3. The molecule has 0 saturated heterocycles. The van der Waals surface area contributed by atoms with Crippen LogP contribution in [-0.4, -0.2) is 11.0 Å². The highest BCUT2D eigenvalue weighted by molar-refractivity contribution is 6.42. The van der Waals surface area contributed by atoms with Crippen LogP contribution in [0.2, 0.25) is 10.0 Å². The molecule has 0 aliphatic carbocycles. The number of aromatic hydroxyl groups is 1. The van der Waals surface area contributed by atoms with Gasteiger partial charge in [0.1, 0.15) is 11.3 Å². The lowest BCUT2D eigenvalue weighted by Crippen LogP contribution is -2.21. The predicted octanol–water partition coefficient (Wildman–Crippen LogP) is 4.06. The molecule has 3 rings (SSSR count). The molecule has 0 saturated carbocycles. The molecule has 0 fully saturated rings. The van der Waals surface area contributed by atoms with Crippen LogP contribution >= 0.6 is 23.2 Å². The van der Waals surface area contributed by atoms with Crippen LogP contribution in [0.15, 0.2) is 51.7 Å². The monoisotopic (exact) mass is 349 g/mol. The van der Waals surface area contributed by atoms with Crippen molar-refractivity contribution in [2.75, 3.05) is 5.32 Å². The Morgan fingerprint density at radius 1 is 1.09 bits per heavy atom. The van der Waals surface area contributed by atoms with E-state index in [1.54, 1.807) is 18.2 Å². The summed E-state index contributed by atoms with van der Waals surface area (Å²) in [5.74, 6) is -1.24. The first-order chi connectivity index (χ1) is 11.0. The minimum atomic E-state index is -0.932. The lowest BCUT2D eigenvalue weighted by Gasteiger charge is -2.08. The number of fused-ring (bicyclic) bond motifs is 1. The zero-order valence-corrected chi connectivity index (χ0v) is 13.0. The Morgan fingerprint density at radius 3 is 2.57 bits per heavy atom. The van der Waals surface area contributed by atoms with Crippen molar-refractivity contribution in [1.29, 1.82) is 0 Å². The van der Waals surface area contributed by atoms with Crippen LogP contribution in [-0.2, 0) is 0 Å². The zero-order valence-electron chi connectivity index (χ0n) is 11.5. The highest BCUT2D eigenvalue weighted by Gasteiger charge is 2.21. The molecule has 1 amide bonds. The SMILES string of the molecule is O=C(Nc1ccc(Cl)c(Cl)c1)c1c(O)c2ccccc2oc1=O. The van der Waals surface area contributed by atoms with Crippen LogP contribution in [0, 0.1) is 0 Å². The van der Waals surface area contributed by atoms with E-state index in [2.05, 4.69) is 5.32 Å². The van der Waals surface area contributed by atoms with Crippen molar-refractivity contribution in [3.63, 3.8) is 0 Å². The van der Waals surface area contributed by atoms with Crippen LogP contribution in [0.1, 0.15) is 10.4 Å². The fraction of sp³-hybridized carbons (Fsp3) is 0. The smallest absolute Gasteiger partial charge is 0.353 e. The van der Waals surface area contributed by atoms with E-state index in [1.807, 2.05) is 0 Å². The van der Waals surface area contributed by atoms with Crippen LogP contribution in [0.5, 0.6) is 5.75 Å². The molecule has 5 nitrogen and oxygen atoms in total. The molecule has 0 spiro atoms. The van der Waals surface area contributed by atoms with Crippen LogP contribution in [0.3, 0.4) is 0 Å². The van der Waals surface area contributed by atoms with Crippen molar-refractivity contribution >= 4 is 45.8 Å². The number of amides is 1. The lowest BCUT2D eigenvalue weighted by atomic mass is 10.1. The molecule has 116 valence electrons. The third kappa shape index (κ3) is 2.88. The van der Waals surface area contributed by atoms with Gasteiger partial charge in [-0.1, -0.05) is 35.3 Å². The predicted molar refractivity (Wildman–Crippen MR) is 88.6 cm³/mol. The summed E-state index contributed by atoms with van der Waals surface area (Å²) < 4.78 is 5.05. The number of carbonyl (C=O) groups excluding carboxylic acids is 1. The van der Waals surface area contributed by atoms with Gasteiger partial charge in [0.2, 0.25) is 0 Å². The van der Waals surface area contributed by atoms with Gasteiger partial charge in [-0.15, -0.1) is 0 Å². The van der Waals surface area contributed by atoms with Gasteiger partial charge < -0.3 is 14.8 Å². The number of rotatable bonds is 2. The summed E-state index contributed by atoms with van der Waals surface area (Å²) in [7, 11) is 0. The van der Waals surface area contributed by atoms with Crippen molar-refractivity contribution in [3.8, 4) is 5.75 Å². The topological polar surface area (TPSA) is 79.5 Å². The molecule has 3 aromatic rings. The quantitative estimate of drug-likeness (QED) is 0.683. The second-order valence-electron chi connectivity index (χ2n) is 4.69. The Morgan fingerprint density at radius 2 is 1.83 bits per heavy atom. The van der Waals surface area contributed by atoms with E-state index in [-0.39, 0.29) is 16.0 Å². The average Bonchev–Trinajstić information content (AvgIpc) is 2.51. The van der Waals surface area contributed by atoms with Crippen LogP contribution < -0.4 is 10.9 Å². The number of hydrogen-bond acceptors (Lipinski definition) is 4. The van der Waals surface area contributed by atoms with Crippen molar-refractivity contribution in [3.05, 3.63) is 68.5 Å². The highest BCUT2D eigenvalue weighted by atomic mass is 35.5. The van der Waals surface area contributed by atoms with Crippen molar-refractivity contribution in [2.24, 2.45) is 0 Å². The molecule has 0 radical (unpaired) electrons. The summed E-state index contributed by atoms with van der Waals surface area (Å²) in [5.41, 5.74) is -0.883. The first kappa shape index (κ1) is 15.4. The molecule has 1 heterocycles. The van der Waals surface area contributed by atoms with Crippen LogP contribution in [0.4, 0.5) is 5.69 Å². The summed E-state index contributed by atoms with van der Waals surface area (Å²) in [5, 5.41) is 13.5. The molecule has 0 unspecified atom stereocenters. The second-order valence-corrected chi connectivity index (χ2v) is 5.51. The van der Waals surface area contributed by atoms with E-state index in [1.165, 1.54) is 24.3 Å². The third-order valence-corrected chi connectivity index (χ3v) is 3.93. The van der Waals surface area contributed by atoms with E-state index in [9.17, 15) is 14.7 Å². The first-order valence-corrected chi connectivity index (χ1v) is 7.24. The van der Waals surface area contributed by atoms with Crippen molar-refractivity contribution in [2.45, 2.75) is 0 Å². The normalized spacial score (nSPS) is 10.7. The van der Waals surface area contributed by atoms with Crippen molar-refractivity contribution < 1.29 is 14.3 Å². The number of anilines is 1. The third-order valence-electron chi connectivity index (χ3n) is 3.19. The highest BCUT2D eigenvalue weighted by Crippen LogP contribution is 2.28. The molecule has 1 aromatic heterocycles. The number of carbonyl (C=O) groups is 1. The maximum atomic E-state index is 12.3. The molecule has 0 aliphatic heterocycles. The minimum absolute atomic E-state index is 0.195. The van der Waals surface area contributed by atoms with E-state index in [4.69, 9.17) is 27.6 Å². The summed E-state index contributed by atoms with van der Waals surface area (Å²) in [6.45, 7) is 0. The van der Waals surface area contributed by atoms with E-state index < -0.39 is 22.8 Å². The van der Waals surface area contributed by atoms with E-state index >= 15 is 0 Å². The number of para-hydroxylation sites is 1. The van der Waals surface area contributed by atoms with Gasteiger partial charge in [0.15, 0.2) is 5.56 Å². The Labute approximate surface area is 140 Å². The average molecular weight is 350 g/mol. The standard InChI is InChI=1S/C16H9Cl2NO4/c17-10-6-5-8(7-11(10)18)19-15(21)13-14(20)9-3-1-2-4-12(9)23-16(13)22/h1-7,20H,(H,19,21). The van der Waals surface area contributed by atoms with Crippen LogP contribution in [0.25, 0.3) is 11.0 Å². The summed E-state index contributed by atoms with van der Waals surface area (Å²) in [6, 6.07) is 10.8. The largest absolute Gasteiger partial charge is 0.506 e. The number of halogens is 2. The fourth-order valence-corrected chi connectivity index (χ4v) is 2.40. The molecule has 7 heteroatoms. The Hall–Kier alpha value is -2.50. The Balaban J connectivity index is 2.04. The first-order valence-electron chi connectivity index (χ1n) is 6.48. The number of benzene rings is 2. The van der Waals surface area contributed by atoms with Gasteiger partial charge >= 0.3 is 5.63 Å². The molecule has 2 N–H and O–H groups in total. The Kier molecular flexibility index (Phi) is 3.98. The summed E-state index contributed by atoms with van der Waals surface area (Å²) in [4.78, 5) is 24.3. The van der Waals surface area contributed by atoms with E-state index in [0.29, 0.717) is 10.7 Å². The van der Waals surface area contributed by atoms with Gasteiger partial charge in [-0.3, -0.25) is 4.79 Å². The Bertz CT molecular complexity index is 981. The van der Waals surface area contributed by atoms with Gasteiger partial charge in [-0.05, 0) is 30.3 Å². The maximum Gasteiger partial charge on any atom is 0.353 e. The second kappa shape index (κ2) is 5.95. The van der Waals surface area contributed by atoms with Gasteiger partial charge in [-0.25, -0.2) is 4.79 Å². The molecule has 0 atom stereocenters. The summed E-state index contributed by atoms with van der Waals surface area (Å²) in [6.07, 6.45) is 0. The molecule has 0 bridgehead atoms. The molecule has 2 aromatic carbocycles. The van der Waals surface area contributed by atoms with Gasteiger partial charge in [0, 0.05) is 5.69 Å². The zero-order chi connectivity index (χ0) is 16.6. The molecular formula is C16H9Cl2NO4. The molecule has 0 aliphatic rings. The number of nitrogens with one attached hydrogen (secondary N) is 1.